The first-order valence-corrected chi connectivity index (χ1v) is 8.92. The Hall–Kier alpha value is -0.880. The molecule has 1 rings (SSSR count). The van der Waals surface area contributed by atoms with Crippen molar-refractivity contribution in [1.29, 1.82) is 0 Å². The lowest BCUT2D eigenvalue weighted by molar-refractivity contribution is 0.0913. The average Bonchev–Trinajstić information content (AvgIpc) is 2.37. The molecule has 0 heterocycles. The summed E-state index contributed by atoms with van der Waals surface area (Å²) < 4.78 is 22.7. The minimum atomic E-state index is -3.23. The third kappa shape index (κ3) is 4.31. The summed E-state index contributed by atoms with van der Waals surface area (Å²) in [6.07, 6.45) is 1.94. The van der Waals surface area contributed by atoms with Crippen molar-refractivity contribution in [2.75, 3.05) is 11.6 Å². The van der Waals surface area contributed by atoms with Crippen molar-refractivity contribution in [2.45, 2.75) is 30.7 Å². The van der Waals surface area contributed by atoms with Crippen LogP contribution in [-0.4, -0.2) is 31.4 Å². The molecule has 6 heteroatoms. The number of sulfone groups is 1. The van der Waals surface area contributed by atoms with Gasteiger partial charge in [0.1, 0.15) is 0 Å². The van der Waals surface area contributed by atoms with Gasteiger partial charge in [-0.1, -0.05) is 22.9 Å². The summed E-state index contributed by atoms with van der Waals surface area (Å²) in [5.41, 5.74) is 0.139. The highest BCUT2D eigenvalue weighted by Crippen LogP contribution is 2.15. The van der Waals surface area contributed by atoms with Crippen LogP contribution in [0.25, 0.3) is 0 Å². The van der Waals surface area contributed by atoms with Crippen molar-refractivity contribution in [2.24, 2.45) is 0 Å². The molecule has 1 amide bonds. The third-order valence-corrected chi connectivity index (χ3v) is 5.40. The van der Waals surface area contributed by atoms with Gasteiger partial charge in [0.2, 0.25) is 0 Å². The molecule has 0 aliphatic carbocycles. The normalized spacial score (nSPS) is 14.7. The Morgan fingerprint density at radius 3 is 2.21 bits per heavy atom. The van der Waals surface area contributed by atoms with E-state index >= 15 is 0 Å². The van der Waals surface area contributed by atoms with Crippen LogP contribution in [0.5, 0.6) is 0 Å². The van der Waals surface area contributed by atoms with E-state index in [0.717, 1.165) is 12.7 Å². The van der Waals surface area contributed by atoms with Crippen molar-refractivity contribution in [3.63, 3.8) is 0 Å². The van der Waals surface area contributed by atoms with E-state index in [1.165, 1.54) is 24.3 Å². The quantitative estimate of drug-likeness (QED) is 0.831. The molecule has 0 saturated carbocycles. The molecule has 0 aliphatic heterocycles. The molecule has 1 unspecified atom stereocenters. The van der Waals surface area contributed by atoms with Crippen molar-refractivity contribution in [3.05, 3.63) is 29.8 Å². The number of halogens is 1. The van der Waals surface area contributed by atoms with Gasteiger partial charge in [-0.2, -0.15) is 0 Å². The molecule has 4 nitrogen and oxygen atoms in total. The van der Waals surface area contributed by atoms with E-state index in [9.17, 15) is 13.2 Å². The Morgan fingerprint density at radius 2 is 1.84 bits per heavy atom. The molecule has 106 valence electrons. The monoisotopic (exact) mass is 347 g/mol. The zero-order valence-corrected chi connectivity index (χ0v) is 13.6. The van der Waals surface area contributed by atoms with Crippen molar-refractivity contribution in [3.8, 4) is 0 Å². The van der Waals surface area contributed by atoms with E-state index in [4.69, 9.17) is 0 Å². The standard InChI is InChI=1S/C13H18BrNO3S/c1-4-13(2,9-14)15-12(16)10-5-7-11(8-6-10)19(3,17)18/h5-8H,4,9H2,1-3H3,(H,15,16). The minimum absolute atomic E-state index is 0.205. The van der Waals surface area contributed by atoms with Gasteiger partial charge < -0.3 is 5.32 Å². The molecule has 0 radical (unpaired) electrons. The summed E-state index contributed by atoms with van der Waals surface area (Å²) in [6.45, 7) is 3.94. The summed E-state index contributed by atoms with van der Waals surface area (Å²) in [4.78, 5) is 12.3. The largest absolute Gasteiger partial charge is 0.346 e. The molecule has 1 aromatic rings. The fourth-order valence-electron chi connectivity index (χ4n) is 1.42. The summed E-state index contributed by atoms with van der Waals surface area (Å²) in [5, 5.41) is 3.59. The van der Waals surface area contributed by atoms with Crippen LogP contribution in [0.15, 0.2) is 29.2 Å². The molecule has 1 aromatic carbocycles. The molecule has 0 aromatic heterocycles. The van der Waals surface area contributed by atoms with Gasteiger partial charge in [-0.05, 0) is 37.6 Å². The average molecular weight is 348 g/mol. The highest BCUT2D eigenvalue weighted by molar-refractivity contribution is 9.09. The molecule has 0 fully saturated rings. The van der Waals surface area contributed by atoms with E-state index in [2.05, 4.69) is 21.2 Å². The molecule has 0 spiro atoms. The van der Waals surface area contributed by atoms with Crippen LogP contribution in [0.4, 0.5) is 0 Å². The van der Waals surface area contributed by atoms with Gasteiger partial charge in [0.25, 0.3) is 5.91 Å². The number of carbonyl (C=O) groups excluding carboxylic acids is 1. The van der Waals surface area contributed by atoms with Gasteiger partial charge >= 0.3 is 0 Å². The SMILES string of the molecule is CCC(C)(CBr)NC(=O)c1ccc(S(C)(=O)=O)cc1. The van der Waals surface area contributed by atoms with Crippen molar-refractivity contribution in [1.82, 2.24) is 5.32 Å². The number of alkyl halides is 1. The number of amides is 1. The second kappa shape index (κ2) is 6.05. The Morgan fingerprint density at radius 1 is 1.32 bits per heavy atom. The Balaban J connectivity index is 2.91. The van der Waals surface area contributed by atoms with Gasteiger partial charge in [0.15, 0.2) is 9.84 Å². The van der Waals surface area contributed by atoms with Crippen molar-refractivity contribution >= 4 is 31.7 Å². The summed E-state index contributed by atoms with van der Waals surface area (Å²) in [5.74, 6) is -0.205. The van der Waals surface area contributed by atoms with E-state index in [1.807, 2.05) is 13.8 Å². The minimum Gasteiger partial charge on any atom is -0.346 e. The summed E-state index contributed by atoms with van der Waals surface area (Å²) >= 11 is 3.38. The molecule has 0 saturated heterocycles. The van der Waals surface area contributed by atoms with Gasteiger partial charge in [-0.15, -0.1) is 0 Å². The fourth-order valence-corrected chi connectivity index (χ4v) is 2.58. The van der Waals surface area contributed by atoms with Crippen LogP contribution in [0.3, 0.4) is 0 Å². The number of rotatable bonds is 5. The Bertz CT molecular complexity index is 548. The smallest absolute Gasteiger partial charge is 0.251 e. The Labute approximate surface area is 122 Å². The summed E-state index contributed by atoms with van der Waals surface area (Å²) in [7, 11) is -3.23. The van der Waals surface area contributed by atoms with Crippen LogP contribution >= 0.6 is 15.9 Å². The Kier molecular flexibility index (Phi) is 5.15. The highest BCUT2D eigenvalue weighted by atomic mass is 79.9. The maximum Gasteiger partial charge on any atom is 0.251 e. The molecule has 0 bridgehead atoms. The highest BCUT2D eigenvalue weighted by Gasteiger charge is 2.23. The predicted molar refractivity (Wildman–Crippen MR) is 79.5 cm³/mol. The lowest BCUT2D eigenvalue weighted by Gasteiger charge is -2.27. The first-order valence-electron chi connectivity index (χ1n) is 5.90. The number of hydrogen-bond donors (Lipinski definition) is 1. The number of nitrogens with one attached hydrogen (secondary N) is 1. The van der Waals surface area contributed by atoms with E-state index in [-0.39, 0.29) is 16.3 Å². The maximum absolute atomic E-state index is 12.1. The van der Waals surface area contributed by atoms with Crippen LogP contribution in [0.1, 0.15) is 30.6 Å². The molecular formula is C13H18BrNO3S. The van der Waals surface area contributed by atoms with E-state index in [1.54, 1.807) is 0 Å². The van der Waals surface area contributed by atoms with Crippen LogP contribution in [-0.2, 0) is 9.84 Å². The molecular weight excluding hydrogens is 330 g/mol. The van der Waals surface area contributed by atoms with E-state index in [0.29, 0.717) is 10.9 Å². The summed E-state index contributed by atoms with van der Waals surface area (Å²) in [6, 6.07) is 5.94. The van der Waals surface area contributed by atoms with Crippen LogP contribution < -0.4 is 5.32 Å². The lowest BCUT2D eigenvalue weighted by atomic mass is 10.0. The number of hydrogen-bond acceptors (Lipinski definition) is 3. The predicted octanol–water partition coefficient (Wildman–Crippen LogP) is 2.38. The van der Waals surface area contributed by atoms with Crippen LogP contribution in [0.2, 0.25) is 0 Å². The molecule has 19 heavy (non-hydrogen) atoms. The van der Waals surface area contributed by atoms with E-state index < -0.39 is 9.84 Å². The third-order valence-electron chi connectivity index (χ3n) is 3.04. The van der Waals surface area contributed by atoms with Gasteiger partial charge in [0, 0.05) is 22.7 Å². The zero-order valence-electron chi connectivity index (χ0n) is 11.2. The van der Waals surface area contributed by atoms with Gasteiger partial charge in [-0.3, -0.25) is 4.79 Å². The first kappa shape index (κ1) is 16.2. The molecule has 1 atom stereocenters. The zero-order chi connectivity index (χ0) is 14.7. The maximum atomic E-state index is 12.1. The van der Waals surface area contributed by atoms with Gasteiger partial charge in [-0.25, -0.2) is 8.42 Å². The number of carbonyl (C=O) groups is 1. The number of benzene rings is 1. The molecule has 0 aliphatic rings. The van der Waals surface area contributed by atoms with Crippen LogP contribution in [0, 0.1) is 0 Å². The second-order valence-electron chi connectivity index (χ2n) is 4.80. The topological polar surface area (TPSA) is 63.2 Å². The molecule has 1 N–H and O–H groups in total. The lowest BCUT2D eigenvalue weighted by Crippen LogP contribution is -2.46. The fraction of sp³-hybridized carbons (Fsp3) is 0.462. The first-order chi connectivity index (χ1) is 8.72. The van der Waals surface area contributed by atoms with Gasteiger partial charge in [0.05, 0.1) is 4.90 Å². The second-order valence-corrected chi connectivity index (χ2v) is 7.37. The van der Waals surface area contributed by atoms with Crippen molar-refractivity contribution < 1.29 is 13.2 Å².